The Morgan fingerprint density at radius 2 is 2.10 bits per heavy atom. The third-order valence-electron chi connectivity index (χ3n) is 3.16. The van der Waals surface area contributed by atoms with E-state index in [2.05, 4.69) is 51.2 Å². The molecule has 1 aromatic heterocycles. The number of aromatic nitrogens is 3. The number of benzene rings is 1. The van der Waals surface area contributed by atoms with Gasteiger partial charge in [0.2, 0.25) is 0 Å². The van der Waals surface area contributed by atoms with Crippen LogP contribution in [-0.2, 0) is 6.42 Å². The van der Waals surface area contributed by atoms with Gasteiger partial charge in [0.05, 0.1) is 0 Å². The second kappa shape index (κ2) is 6.70. The Morgan fingerprint density at radius 1 is 1.35 bits per heavy atom. The number of halogens is 2. The van der Waals surface area contributed by atoms with Crippen LogP contribution in [0.5, 0.6) is 0 Å². The first-order valence-corrected chi connectivity index (χ1v) is 7.70. The summed E-state index contributed by atoms with van der Waals surface area (Å²) >= 11 is 9.60. The maximum atomic E-state index is 6.12. The van der Waals surface area contributed by atoms with Crippen molar-refractivity contribution in [1.29, 1.82) is 0 Å². The van der Waals surface area contributed by atoms with Crippen LogP contribution in [0.3, 0.4) is 0 Å². The molecule has 108 valence electrons. The minimum atomic E-state index is 0.145. The van der Waals surface area contributed by atoms with E-state index in [1.54, 1.807) is 6.33 Å². The summed E-state index contributed by atoms with van der Waals surface area (Å²) in [5.41, 5.74) is 1.13. The Morgan fingerprint density at radius 3 is 2.70 bits per heavy atom. The van der Waals surface area contributed by atoms with E-state index in [0.29, 0.717) is 6.04 Å². The van der Waals surface area contributed by atoms with Crippen LogP contribution in [0.25, 0.3) is 0 Å². The Bertz CT molecular complexity index is 562. The van der Waals surface area contributed by atoms with E-state index in [1.807, 2.05) is 23.9 Å². The lowest BCUT2D eigenvalue weighted by Crippen LogP contribution is -2.21. The van der Waals surface area contributed by atoms with Crippen molar-refractivity contribution in [3.63, 3.8) is 0 Å². The number of hydrogen-bond acceptors (Lipinski definition) is 3. The van der Waals surface area contributed by atoms with Gasteiger partial charge in [0, 0.05) is 28.0 Å². The molecule has 1 aromatic carbocycles. The maximum absolute atomic E-state index is 6.12. The van der Waals surface area contributed by atoms with E-state index in [0.717, 1.165) is 27.3 Å². The Balaban J connectivity index is 2.26. The van der Waals surface area contributed by atoms with E-state index in [-0.39, 0.29) is 6.04 Å². The van der Waals surface area contributed by atoms with Crippen molar-refractivity contribution in [1.82, 2.24) is 20.1 Å². The van der Waals surface area contributed by atoms with Crippen LogP contribution < -0.4 is 5.32 Å². The second-order valence-corrected chi connectivity index (χ2v) is 6.31. The average molecular weight is 358 g/mol. The molecule has 1 atom stereocenters. The van der Waals surface area contributed by atoms with Crippen LogP contribution in [0.4, 0.5) is 0 Å². The van der Waals surface area contributed by atoms with Crippen molar-refractivity contribution in [3.8, 4) is 0 Å². The van der Waals surface area contributed by atoms with Crippen molar-refractivity contribution < 1.29 is 0 Å². The zero-order chi connectivity index (χ0) is 14.7. The zero-order valence-corrected chi connectivity index (χ0v) is 14.1. The number of hydrogen-bond donors (Lipinski definition) is 1. The molecule has 0 spiro atoms. The van der Waals surface area contributed by atoms with Gasteiger partial charge in [0.1, 0.15) is 12.2 Å². The molecule has 0 aliphatic carbocycles. The van der Waals surface area contributed by atoms with Gasteiger partial charge in [0.25, 0.3) is 0 Å². The summed E-state index contributed by atoms with van der Waals surface area (Å²) < 4.78 is 2.93. The smallest absolute Gasteiger partial charge is 0.138 e. The topological polar surface area (TPSA) is 42.7 Å². The fourth-order valence-corrected chi connectivity index (χ4v) is 3.08. The monoisotopic (exact) mass is 356 g/mol. The van der Waals surface area contributed by atoms with E-state index in [9.17, 15) is 0 Å². The summed E-state index contributed by atoms with van der Waals surface area (Å²) in [6.07, 6.45) is 2.37. The van der Waals surface area contributed by atoms with Gasteiger partial charge < -0.3 is 5.32 Å². The molecule has 1 heterocycles. The van der Waals surface area contributed by atoms with Gasteiger partial charge >= 0.3 is 0 Å². The van der Waals surface area contributed by atoms with Crippen LogP contribution in [0.1, 0.15) is 37.3 Å². The molecule has 4 nitrogen and oxygen atoms in total. The number of rotatable bonds is 5. The van der Waals surface area contributed by atoms with Crippen molar-refractivity contribution >= 4 is 27.5 Å². The molecule has 20 heavy (non-hydrogen) atoms. The van der Waals surface area contributed by atoms with Gasteiger partial charge in [-0.15, -0.1) is 0 Å². The first-order chi connectivity index (χ1) is 9.51. The van der Waals surface area contributed by atoms with Gasteiger partial charge in [-0.25, -0.2) is 9.67 Å². The lowest BCUT2D eigenvalue weighted by molar-refractivity contribution is 0.478. The fraction of sp³-hybridized carbons (Fsp3) is 0.429. The summed E-state index contributed by atoms with van der Waals surface area (Å²) in [4.78, 5) is 4.36. The molecule has 0 radical (unpaired) electrons. The molecule has 2 aromatic rings. The summed E-state index contributed by atoms with van der Waals surface area (Å²) in [7, 11) is 1.94. The van der Waals surface area contributed by atoms with Gasteiger partial charge in [-0.05, 0) is 44.7 Å². The highest BCUT2D eigenvalue weighted by molar-refractivity contribution is 9.10. The van der Waals surface area contributed by atoms with Gasteiger partial charge in [0.15, 0.2) is 0 Å². The molecular formula is C14H18BrClN4. The average Bonchev–Trinajstić information content (AvgIpc) is 2.82. The molecule has 0 saturated heterocycles. The van der Waals surface area contributed by atoms with Gasteiger partial charge in [-0.3, -0.25) is 0 Å². The minimum Gasteiger partial charge on any atom is -0.313 e. The van der Waals surface area contributed by atoms with Crippen LogP contribution in [0, 0.1) is 0 Å². The predicted octanol–water partition coefficient (Wildman–Crippen LogP) is 3.78. The molecule has 1 N–H and O–H groups in total. The van der Waals surface area contributed by atoms with E-state index in [1.165, 1.54) is 0 Å². The number of nitrogens with zero attached hydrogens (tertiary/aromatic N) is 3. The fourth-order valence-electron chi connectivity index (χ4n) is 2.20. The zero-order valence-electron chi connectivity index (χ0n) is 11.8. The SMILES string of the molecule is CNC(Cc1ncnn1C(C)C)c1cc(Cl)cc(Br)c1. The highest BCUT2D eigenvalue weighted by Gasteiger charge is 2.16. The van der Waals surface area contributed by atoms with Gasteiger partial charge in [-0.2, -0.15) is 5.10 Å². The van der Waals surface area contributed by atoms with Crippen LogP contribution in [-0.4, -0.2) is 21.8 Å². The first-order valence-electron chi connectivity index (χ1n) is 6.53. The van der Waals surface area contributed by atoms with E-state index < -0.39 is 0 Å². The molecule has 0 saturated carbocycles. The molecule has 1 unspecified atom stereocenters. The molecule has 0 bridgehead atoms. The maximum Gasteiger partial charge on any atom is 0.138 e. The molecule has 0 amide bonds. The lowest BCUT2D eigenvalue weighted by atomic mass is 10.0. The normalized spacial score (nSPS) is 12.9. The van der Waals surface area contributed by atoms with Crippen LogP contribution >= 0.6 is 27.5 Å². The van der Waals surface area contributed by atoms with E-state index in [4.69, 9.17) is 11.6 Å². The third kappa shape index (κ3) is 3.59. The van der Waals surface area contributed by atoms with Crippen molar-refractivity contribution in [2.45, 2.75) is 32.4 Å². The van der Waals surface area contributed by atoms with E-state index >= 15 is 0 Å². The summed E-state index contributed by atoms with van der Waals surface area (Å²) in [6, 6.07) is 6.38. The minimum absolute atomic E-state index is 0.145. The van der Waals surface area contributed by atoms with Crippen molar-refractivity contribution in [3.05, 3.63) is 45.4 Å². The number of nitrogens with one attached hydrogen (secondary N) is 1. The Kier molecular flexibility index (Phi) is 5.18. The molecule has 0 fully saturated rings. The number of likely N-dealkylation sites (N-methyl/N-ethyl adjacent to an activating group) is 1. The highest BCUT2D eigenvalue weighted by Crippen LogP contribution is 2.25. The lowest BCUT2D eigenvalue weighted by Gasteiger charge is -2.18. The van der Waals surface area contributed by atoms with Crippen molar-refractivity contribution in [2.75, 3.05) is 7.05 Å². The van der Waals surface area contributed by atoms with Crippen LogP contribution in [0.2, 0.25) is 5.02 Å². The Labute approximate surface area is 132 Å². The van der Waals surface area contributed by atoms with Gasteiger partial charge in [-0.1, -0.05) is 27.5 Å². The first kappa shape index (κ1) is 15.5. The standard InChI is InChI=1S/C14H18BrClN4/c1-9(2)20-14(18-8-19-20)7-13(17-3)10-4-11(15)6-12(16)5-10/h4-6,8-9,13,17H,7H2,1-3H3. The second-order valence-electron chi connectivity index (χ2n) is 4.96. The summed E-state index contributed by atoms with van der Waals surface area (Å²) in [5, 5.41) is 8.31. The molecule has 2 rings (SSSR count). The predicted molar refractivity (Wildman–Crippen MR) is 85.1 cm³/mol. The van der Waals surface area contributed by atoms with Crippen molar-refractivity contribution in [2.24, 2.45) is 0 Å². The quantitative estimate of drug-likeness (QED) is 0.885. The summed E-state index contributed by atoms with van der Waals surface area (Å²) in [6.45, 7) is 4.20. The third-order valence-corrected chi connectivity index (χ3v) is 3.83. The molecule has 0 aliphatic rings. The molecule has 6 heteroatoms. The Hall–Kier alpha value is -0.910. The summed E-state index contributed by atoms with van der Waals surface area (Å²) in [5.74, 6) is 0.968. The largest absolute Gasteiger partial charge is 0.313 e. The molecule has 0 aliphatic heterocycles. The highest BCUT2D eigenvalue weighted by atomic mass is 79.9. The molecular weight excluding hydrogens is 340 g/mol. The van der Waals surface area contributed by atoms with Crippen LogP contribution in [0.15, 0.2) is 29.0 Å².